The van der Waals surface area contributed by atoms with Crippen molar-refractivity contribution in [1.82, 2.24) is 14.5 Å². The summed E-state index contributed by atoms with van der Waals surface area (Å²) in [4.78, 5) is 34.0. The minimum absolute atomic E-state index is 0.106. The maximum absolute atomic E-state index is 13.7. The summed E-state index contributed by atoms with van der Waals surface area (Å²) in [6.45, 7) is 2.01. The summed E-state index contributed by atoms with van der Waals surface area (Å²) >= 11 is 0. The number of amides is 1. The van der Waals surface area contributed by atoms with Crippen LogP contribution in [0.3, 0.4) is 0 Å². The third-order valence-corrected chi connectivity index (χ3v) is 6.31. The molecule has 1 aromatic heterocycles. The molecule has 0 N–H and O–H groups in total. The molecule has 34 heavy (non-hydrogen) atoms. The summed E-state index contributed by atoms with van der Waals surface area (Å²) in [5, 5.41) is 2.47. The van der Waals surface area contributed by atoms with Gasteiger partial charge in [-0.2, -0.15) is 0 Å². The van der Waals surface area contributed by atoms with E-state index >= 15 is 0 Å². The Morgan fingerprint density at radius 3 is 2.26 bits per heavy atom. The van der Waals surface area contributed by atoms with Crippen molar-refractivity contribution in [3.8, 4) is 5.69 Å². The van der Waals surface area contributed by atoms with Crippen LogP contribution in [-0.2, 0) is 0 Å². The molecule has 0 fully saturated rings. The lowest BCUT2D eigenvalue weighted by atomic mass is 10.0. The lowest BCUT2D eigenvalue weighted by Crippen LogP contribution is -2.36. The second-order valence-electron chi connectivity index (χ2n) is 8.33. The minimum atomic E-state index is -0.399. The number of aromatic nitrogens is 2. The maximum atomic E-state index is 13.7. The summed E-state index contributed by atoms with van der Waals surface area (Å²) in [6, 6.07) is 30.1. The lowest BCUT2D eigenvalue weighted by Gasteiger charge is -2.29. The molecule has 0 spiro atoms. The van der Waals surface area contributed by atoms with Gasteiger partial charge in [-0.1, -0.05) is 73.7 Å². The number of rotatable bonds is 5. The third kappa shape index (κ3) is 3.65. The van der Waals surface area contributed by atoms with Crippen molar-refractivity contribution in [2.24, 2.45) is 0 Å². The minimum Gasteiger partial charge on any atom is -0.331 e. The van der Waals surface area contributed by atoms with Gasteiger partial charge in [-0.05, 0) is 47.5 Å². The maximum Gasteiger partial charge on any atom is 0.266 e. The first kappa shape index (κ1) is 21.6. The lowest BCUT2D eigenvalue weighted by molar-refractivity contribution is 0.0719. The first-order chi connectivity index (χ1) is 16.6. The monoisotopic (exact) mass is 447 g/mol. The van der Waals surface area contributed by atoms with Gasteiger partial charge in [0.2, 0.25) is 0 Å². The summed E-state index contributed by atoms with van der Waals surface area (Å²) in [7, 11) is 1.79. The molecule has 1 heterocycles. The number of nitrogens with zero attached hydrogens (tertiary/aromatic N) is 3. The Balaban J connectivity index is 1.68. The van der Waals surface area contributed by atoms with Gasteiger partial charge in [0.1, 0.15) is 5.82 Å². The normalized spacial score (nSPS) is 12.1. The largest absolute Gasteiger partial charge is 0.331 e. The fraction of sp³-hybridized carbons (Fsp3) is 0.138. The van der Waals surface area contributed by atoms with Crippen molar-refractivity contribution in [3.63, 3.8) is 0 Å². The molecule has 0 radical (unpaired) electrons. The highest BCUT2D eigenvalue weighted by Gasteiger charge is 2.27. The molecule has 0 aliphatic rings. The summed E-state index contributed by atoms with van der Waals surface area (Å²) in [6.07, 6.45) is 0.602. The van der Waals surface area contributed by atoms with Gasteiger partial charge in [0.15, 0.2) is 0 Å². The number of hydrogen-bond donors (Lipinski definition) is 0. The van der Waals surface area contributed by atoms with Gasteiger partial charge >= 0.3 is 0 Å². The molecule has 0 aliphatic heterocycles. The summed E-state index contributed by atoms with van der Waals surface area (Å²) in [5.41, 5.74) is 1.84. The van der Waals surface area contributed by atoms with Crippen molar-refractivity contribution in [2.45, 2.75) is 19.4 Å². The summed E-state index contributed by atoms with van der Waals surface area (Å²) in [5.74, 6) is 0.444. The summed E-state index contributed by atoms with van der Waals surface area (Å²) < 4.78 is 1.64. The Morgan fingerprint density at radius 2 is 1.50 bits per heavy atom. The van der Waals surface area contributed by atoms with E-state index in [-0.39, 0.29) is 11.5 Å². The van der Waals surface area contributed by atoms with Crippen LogP contribution >= 0.6 is 0 Å². The molecule has 4 aromatic carbocycles. The number of fused-ring (bicyclic) bond motifs is 2. The van der Waals surface area contributed by atoms with Crippen molar-refractivity contribution < 1.29 is 4.79 Å². The zero-order chi connectivity index (χ0) is 23.7. The van der Waals surface area contributed by atoms with Gasteiger partial charge in [-0.15, -0.1) is 0 Å². The van der Waals surface area contributed by atoms with Crippen LogP contribution in [-0.4, -0.2) is 27.4 Å². The topological polar surface area (TPSA) is 55.2 Å². The van der Waals surface area contributed by atoms with Crippen molar-refractivity contribution >= 4 is 27.6 Å². The number of carbonyl (C=O) groups is 1. The van der Waals surface area contributed by atoms with E-state index < -0.39 is 6.04 Å². The molecule has 5 aromatic rings. The molecule has 168 valence electrons. The van der Waals surface area contributed by atoms with E-state index in [0.29, 0.717) is 28.7 Å². The quantitative estimate of drug-likeness (QED) is 0.344. The molecule has 1 unspecified atom stereocenters. The number of carbonyl (C=O) groups excluding carboxylic acids is 1. The van der Waals surface area contributed by atoms with Gasteiger partial charge in [-0.3, -0.25) is 14.2 Å². The number of para-hydroxylation sites is 2. The molecular formula is C29H25N3O2. The Kier molecular flexibility index (Phi) is 5.68. The highest BCUT2D eigenvalue weighted by Crippen LogP contribution is 2.28. The van der Waals surface area contributed by atoms with Gasteiger partial charge in [-0.25, -0.2) is 4.98 Å². The van der Waals surface area contributed by atoms with Crippen molar-refractivity contribution in [3.05, 3.63) is 119 Å². The molecule has 5 heteroatoms. The van der Waals surface area contributed by atoms with Crippen molar-refractivity contribution in [2.75, 3.05) is 7.05 Å². The number of benzene rings is 4. The third-order valence-electron chi connectivity index (χ3n) is 6.31. The van der Waals surface area contributed by atoms with Crippen LogP contribution in [0.15, 0.2) is 102 Å². The van der Waals surface area contributed by atoms with E-state index in [1.165, 1.54) is 0 Å². The molecule has 1 atom stereocenters. The van der Waals surface area contributed by atoms with E-state index in [9.17, 15) is 9.59 Å². The Labute approximate surface area is 197 Å². The predicted molar refractivity (Wildman–Crippen MR) is 136 cm³/mol. The van der Waals surface area contributed by atoms with E-state index in [2.05, 4.69) is 0 Å². The molecule has 5 rings (SSSR count). The number of hydrogen-bond acceptors (Lipinski definition) is 3. The van der Waals surface area contributed by atoms with Gasteiger partial charge < -0.3 is 4.90 Å². The van der Waals surface area contributed by atoms with Crippen LogP contribution in [0.4, 0.5) is 0 Å². The molecule has 0 aliphatic carbocycles. The van der Waals surface area contributed by atoms with Crippen LogP contribution in [0.5, 0.6) is 0 Å². The fourth-order valence-corrected chi connectivity index (χ4v) is 4.57. The molecule has 0 saturated carbocycles. The predicted octanol–water partition coefficient (Wildman–Crippen LogP) is 5.76. The average Bonchev–Trinajstić information content (AvgIpc) is 2.89. The zero-order valence-corrected chi connectivity index (χ0v) is 19.2. The van der Waals surface area contributed by atoms with Crippen molar-refractivity contribution in [1.29, 1.82) is 0 Å². The van der Waals surface area contributed by atoms with E-state index in [1.54, 1.807) is 22.6 Å². The van der Waals surface area contributed by atoms with E-state index in [1.807, 2.05) is 97.9 Å². The Morgan fingerprint density at radius 1 is 0.853 bits per heavy atom. The molecule has 1 amide bonds. The average molecular weight is 448 g/mol. The molecular weight excluding hydrogens is 422 g/mol. The van der Waals surface area contributed by atoms with Crippen LogP contribution in [0.25, 0.3) is 27.4 Å². The Bertz CT molecular complexity index is 1550. The molecule has 0 saturated heterocycles. The van der Waals surface area contributed by atoms with Crippen LogP contribution in [0.2, 0.25) is 0 Å². The molecule has 0 bridgehead atoms. The second kappa shape index (κ2) is 8.94. The zero-order valence-electron chi connectivity index (χ0n) is 19.2. The van der Waals surface area contributed by atoms with Crippen LogP contribution < -0.4 is 5.56 Å². The first-order valence-corrected chi connectivity index (χ1v) is 11.4. The van der Waals surface area contributed by atoms with Gasteiger partial charge in [0.25, 0.3) is 11.5 Å². The van der Waals surface area contributed by atoms with Gasteiger partial charge in [0.05, 0.1) is 22.6 Å². The first-order valence-electron chi connectivity index (χ1n) is 11.4. The molecule has 5 nitrogen and oxygen atoms in total. The standard InChI is InChI=1S/C29H25N3O2/c1-3-26(31(2)28(33)23-18-11-13-20-12-7-8-16-22(20)23)27-30-25-19-10-9-17-24(25)29(34)32(27)21-14-5-4-6-15-21/h4-19,26H,3H2,1-2H3. The van der Waals surface area contributed by atoms with Crippen LogP contribution in [0.1, 0.15) is 35.6 Å². The van der Waals surface area contributed by atoms with Gasteiger partial charge in [0, 0.05) is 12.6 Å². The SMILES string of the molecule is CCC(c1nc2ccccc2c(=O)n1-c1ccccc1)N(C)C(=O)c1cccc2ccccc12. The van der Waals surface area contributed by atoms with E-state index in [4.69, 9.17) is 4.98 Å². The highest BCUT2D eigenvalue weighted by molar-refractivity contribution is 6.07. The highest BCUT2D eigenvalue weighted by atomic mass is 16.2. The Hall–Kier alpha value is -4.25. The van der Waals surface area contributed by atoms with E-state index in [0.717, 1.165) is 16.5 Å². The smallest absolute Gasteiger partial charge is 0.266 e. The fourth-order valence-electron chi connectivity index (χ4n) is 4.57. The van der Waals surface area contributed by atoms with Crippen LogP contribution in [0, 0.1) is 0 Å². The second-order valence-corrected chi connectivity index (χ2v) is 8.33.